The normalized spacial score (nSPS) is 14.2. The van der Waals surface area contributed by atoms with Crippen LogP contribution in [0.25, 0.3) is 95.9 Å². The molecule has 0 aliphatic heterocycles. The summed E-state index contributed by atoms with van der Waals surface area (Å²) in [6.45, 7) is 4.70. The van der Waals surface area contributed by atoms with E-state index in [9.17, 15) is 0 Å². The minimum absolute atomic E-state index is 0.136. The maximum atomic E-state index is 6.72. The maximum Gasteiger partial charge on any atom is 0.164 e. The van der Waals surface area contributed by atoms with Crippen LogP contribution in [-0.4, -0.2) is 19.5 Å². The van der Waals surface area contributed by atoms with Gasteiger partial charge in [-0.2, -0.15) is 0 Å². The van der Waals surface area contributed by atoms with E-state index in [1.807, 2.05) is 60.7 Å². The van der Waals surface area contributed by atoms with Gasteiger partial charge >= 0.3 is 0 Å². The lowest BCUT2D eigenvalue weighted by atomic mass is 9.82. The lowest BCUT2D eigenvalue weighted by Crippen LogP contribution is -2.23. The van der Waals surface area contributed by atoms with Crippen LogP contribution < -0.4 is 10.6 Å². The molecule has 252 valence electrons. The van der Waals surface area contributed by atoms with Crippen molar-refractivity contribution in [2.45, 2.75) is 32.1 Å². The summed E-state index contributed by atoms with van der Waals surface area (Å²) in [6.07, 6.45) is 6.49. The fourth-order valence-electron chi connectivity index (χ4n) is 8.71. The van der Waals surface area contributed by atoms with Crippen molar-refractivity contribution in [1.82, 2.24) is 19.5 Å². The number of aromatic nitrogens is 4. The van der Waals surface area contributed by atoms with Gasteiger partial charge in [-0.05, 0) is 71.5 Å². The molecule has 0 atom stereocenters. The molecule has 0 spiro atoms. The maximum absolute atomic E-state index is 6.72. The molecule has 2 aliphatic carbocycles. The average Bonchev–Trinajstić information content (AvgIpc) is 3.83. The largest absolute Gasteiger partial charge is 0.456 e. The summed E-state index contributed by atoms with van der Waals surface area (Å²) < 4.78 is 9.17. The molecule has 0 N–H and O–H groups in total. The zero-order valence-corrected chi connectivity index (χ0v) is 29.5. The minimum Gasteiger partial charge on any atom is -0.456 e. The first kappa shape index (κ1) is 30.1. The molecule has 0 bridgehead atoms. The molecular formula is C48H34N4O. The second-order valence-corrected chi connectivity index (χ2v) is 14.7. The van der Waals surface area contributed by atoms with Gasteiger partial charge in [0, 0.05) is 38.1 Å². The number of benzene rings is 6. The third-order valence-electron chi connectivity index (χ3n) is 11.3. The van der Waals surface area contributed by atoms with E-state index in [1.54, 1.807) is 0 Å². The van der Waals surface area contributed by atoms with Gasteiger partial charge in [-0.25, -0.2) is 15.0 Å². The van der Waals surface area contributed by atoms with Crippen LogP contribution in [-0.2, 0) is 5.41 Å². The molecule has 11 rings (SSSR count). The Bertz CT molecular complexity index is 3020. The van der Waals surface area contributed by atoms with E-state index in [0.717, 1.165) is 62.3 Å². The van der Waals surface area contributed by atoms with Crippen molar-refractivity contribution in [3.8, 4) is 51.0 Å². The zero-order chi connectivity index (χ0) is 35.3. The number of para-hydroxylation sites is 1. The number of furan rings is 1. The highest BCUT2D eigenvalue weighted by Crippen LogP contribution is 2.51. The number of fused-ring (bicyclic) bond motifs is 9. The van der Waals surface area contributed by atoms with Gasteiger partial charge in [0.25, 0.3) is 0 Å². The fourth-order valence-corrected chi connectivity index (χ4v) is 8.71. The van der Waals surface area contributed by atoms with Gasteiger partial charge in [-0.3, -0.25) is 0 Å². The van der Waals surface area contributed by atoms with Gasteiger partial charge in [0.05, 0.1) is 22.1 Å². The molecule has 5 heteroatoms. The highest BCUT2D eigenvalue weighted by molar-refractivity contribution is 6.13. The standard InChI is InChI=1S/C48H34N4O/c1-48(2)37-22-12-9-19-32(37)35-27-36-33-20-10-13-23-39(33)52(40(36)28-38(35)48)41-25-31(26-43-44(41)34-21-11-14-24-42(34)53-43)47-50-45(29-15-5-3-6-16-29)49-46(51-47)30-17-7-4-8-18-30/h3-10,12-13,15-28H,11,14H2,1-2H3. The first-order valence-corrected chi connectivity index (χ1v) is 18.4. The SMILES string of the molecule is CC1(C)c2ccccc2-c2cc3c4ccccc4n(-c4cc(-c5nc(-c6ccccc6)nc(-c6ccccc6)n5)cc5oc6c(c45)=CCCC=6)c3cc21. The van der Waals surface area contributed by atoms with Crippen LogP contribution in [0.2, 0.25) is 0 Å². The topological polar surface area (TPSA) is 56.7 Å². The van der Waals surface area contributed by atoms with E-state index in [4.69, 9.17) is 19.4 Å². The molecule has 0 saturated carbocycles. The van der Waals surface area contributed by atoms with Crippen LogP contribution in [0.3, 0.4) is 0 Å². The average molecular weight is 683 g/mol. The molecule has 3 heterocycles. The van der Waals surface area contributed by atoms with Gasteiger partial charge in [0.15, 0.2) is 17.5 Å². The molecule has 5 nitrogen and oxygen atoms in total. The van der Waals surface area contributed by atoms with Crippen LogP contribution in [0.15, 0.2) is 138 Å². The van der Waals surface area contributed by atoms with E-state index in [0.29, 0.717) is 17.5 Å². The minimum atomic E-state index is -0.136. The second kappa shape index (κ2) is 11.2. The van der Waals surface area contributed by atoms with E-state index in [2.05, 4.69) is 103 Å². The predicted molar refractivity (Wildman–Crippen MR) is 215 cm³/mol. The molecule has 0 saturated heterocycles. The molecule has 3 aromatic heterocycles. The van der Waals surface area contributed by atoms with E-state index < -0.39 is 0 Å². The highest BCUT2D eigenvalue weighted by Gasteiger charge is 2.36. The molecule has 9 aromatic rings. The fraction of sp³-hybridized carbons (Fsp3) is 0.104. The molecule has 53 heavy (non-hydrogen) atoms. The van der Waals surface area contributed by atoms with Gasteiger partial charge < -0.3 is 8.98 Å². The molecule has 6 aromatic carbocycles. The van der Waals surface area contributed by atoms with Crippen molar-refractivity contribution in [2.24, 2.45) is 0 Å². The summed E-state index contributed by atoms with van der Waals surface area (Å²) in [7, 11) is 0. The lowest BCUT2D eigenvalue weighted by Gasteiger charge is -2.21. The van der Waals surface area contributed by atoms with Crippen LogP contribution in [0.1, 0.15) is 37.8 Å². The van der Waals surface area contributed by atoms with E-state index >= 15 is 0 Å². The lowest BCUT2D eigenvalue weighted by molar-refractivity contribution is 0.572. The Labute approximate surface area is 306 Å². The Morgan fingerprint density at radius 1 is 0.547 bits per heavy atom. The zero-order valence-electron chi connectivity index (χ0n) is 29.5. The third kappa shape index (κ3) is 4.47. The van der Waals surface area contributed by atoms with Gasteiger partial charge in [-0.1, -0.05) is 123 Å². The summed E-state index contributed by atoms with van der Waals surface area (Å²) >= 11 is 0. The Kier molecular flexibility index (Phi) is 6.36. The number of hydrogen-bond donors (Lipinski definition) is 0. The molecule has 0 unspecified atom stereocenters. The molecule has 0 fully saturated rings. The monoisotopic (exact) mass is 682 g/mol. The van der Waals surface area contributed by atoms with Crippen molar-refractivity contribution in [3.05, 3.63) is 155 Å². The summed E-state index contributed by atoms with van der Waals surface area (Å²) in [5, 5.41) is 4.71. The number of hydrogen-bond acceptors (Lipinski definition) is 4. The van der Waals surface area contributed by atoms with E-state index in [-0.39, 0.29) is 5.41 Å². The number of nitrogens with zero attached hydrogens (tertiary/aromatic N) is 4. The van der Waals surface area contributed by atoms with E-state index in [1.165, 1.54) is 38.5 Å². The highest BCUT2D eigenvalue weighted by atomic mass is 16.3. The summed E-state index contributed by atoms with van der Waals surface area (Å²) in [5.41, 5.74) is 13.1. The van der Waals surface area contributed by atoms with Crippen molar-refractivity contribution in [3.63, 3.8) is 0 Å². The van der Waals surface area contributed by atoms with Gasteiger partial charge in [-0.15, -0.1) is 0 Å². The number of rotatable bonds is 4. The first-order valence-electron chi connectivity index (χ1n) is 18.4. The molecule has 0 amide bonds. The third-order valence-corrected chi connectivity index (χ3v) is 11.3. The van der Waals surface area contributed by atoms with Crippen molar-refractivity contribution in [1.29, 1.82) is 0 Å². The summed E-state index contributed by atoms with van der Waals surface area (Å²) in [6, 6.07) is 47.2. The molecule has 2 aliphatic rings. The second-order valence-electron chi connectivity index (χ2n) is 14.7. The van der Waals surface area contributed by atoms with Crippen LogP contribution in [0, 0.1) is 0 Å². The molecular weight excluding hydrogens is 649 g/mol. The summed E-state index contributed by atoms with van der Waals surface area (Å²) in [5.74, 6) is 1.86. The van der Waals surface area contributed by atoms with Gasteiger partial charge in [0.1, 0.15) is 11.0 Å². The van der Waals surface area contributed by atoms with Crippen LogP contribution >= 0.6 is 0 Å². The van der Waals surface area contributed by atoms with Crippen molar-refractivity contribution in [2.75, 3.05) is 0 Å². The van der Waals surface area contributed by atoms with Crippen molar-refractivity contribution < 1.29 is 4.42 Å². The first-order chi connectivity index (χ1) is 26.0. The molecule has 0 radical (unpaired) electrons. The quantitative estimate of drug-likeness (QED) is 0.185. The van der Waals surface area contributed by atoms with Crippen LogP contribution in [0.5, 0.6) is 0 Å². The van der Waals surface area contributed by atoms with Crippen molar-refractivity contribution >= 4 is 44.9 Å². The Hall–Kier alpha value is -6.59. The Balaban J connectivity index is 1.24. The smallest absolute Gasteiger partial charge is 0.164 e. The summed E-state index contributed by atoms with van der Waals surface area (Å²) in [4.78, 5) is 15.2. The Morgan fingerprint density at radius 3 is 1.94 bits per heavy atom. The predicted octanol–water partition coefficient (Wildman–Crippen LogP) is 10.4. The van der Waals surface area contributed by atoms with Gasteiger partial charge in [0.2, 0.25) is 0 Å². The van der Waals surface area contributed by atoms with Crippen LogP contribution in [0.4, 0.5) is 0 Å². The Morgan fingerprint density at radius 2 is 1.19 bits per heavy atom.